The molecule has 0 heterocycles. The maximum absolute atomic E-state index is 12.0. The topological polar surface area (TPSA) is 58.6 Å². The Balaban J connectivity index is 2.00. The number of halogens is 2. The molecule has 0 spiro atoms. The van der Waals surface area contributed by atoms with Crippen molar-refractivity contribution in [1.82, 2.24) is 0 Å². The molecule has 2 aromatic carbocycles. The molecule has 0 aliphatic carbocycles. The van der Waals surface area contributed by atoms with Crippen molar-refractivity contribution in [2.24, 2.45) is 0 Å². The Bertz CT molecular complexity index is 689. The van der Waals surface area contributed by atoms with Crippen molar-refractivity contribution in [3.8, 4) is 5.75 Å². The number of nitrogens with one attached hydrogen (secondary N) is 1. The van der Waals surface area contributed by atoms with E-state index in [9.17, 15) is 4.79 Å². The van der Waals surface area contributed by atoms with Gasteiger partial charge in [-0.25, -0.2) is 0 Å². The lowest BCUT2D eigenvalue weighted by atomic mass is 10.1. The third-order valence-electron chi connectivity index (χ3n) is 3.01. The average Bonchev–Trinajstić information content (AvgIpc) is 2.50. The van der Waals surface area contributed by atoms with Crippen LogP contribution < -0.4 is 10.1 Å². The monoisotopic (exact) mass is 339 g/mol. The van der Waals surface area contributed by atoms with Gasteiger partial charge in [-0.1, -0.05) is 35.3 Å². The lowest BCUT2D eigenvalue weighted by molar-refractivity contribution is -0.118. The van der Waals surface area contributed by atoms with Crippen LogP contribution in [0.15, 0.2) is 36.4 Å². The zero-order valence-corrected chi connectivity index (χ0v) is 13.4. The van der Waals surface area contributed by atoms with Crippen LogP contribution in [0.25, 0.3) is 0 Å². The highest BCUT2D eigenvalue weighted by atomic mass is 35.5. The van der Waals surface area contributed by atoms with Crippen molar-refractivity contribution in [1.29, 1.82) is 0 Å². The molecule has 2 N–H and O–H groups in total. The third kappa shape index (κ3) is 4.37. The molecular formula is C16H15Cl2NO3. The highest BCUT2D eigenvalue weighted by Gasteiger charge is 2.09. The first-order chi connectivity index (χ1) is 10.5. The number of hydrogen-bond acceptors (Lipinski definition) is 3. The van der Waals surface area contributed by atoms with Crippen molar-refractivity contribution in [3.05, 3.63) is 57.6 Å². The number of benzene rings is 2. The summed E-state index contributed by atoms with van der Waals surface area (Å²) in [6.45, 7) is 1.59. The number of aliphatic hydroxyl groups excluding tert-OH is 1. The number of aliphatic hydroxyl groups is 1. The Morgan fingerprint density at radius 2 is 2.00 bits per heavy atom. The van der Waals surface area contributed by atoms with E-state index in [1.54, 1.807) is 30.3 Å². The van der Waals surface area contributed by atoms with Gasteiger partial charge in [0.15, 0.2) is 6.61 Å². The third-order valence-corrected chi connectivity index (χ3v) is 3.56. The van der Waals surface area contributed by atoms with E-state index in [0.29, 0.717) is 21.5 Å². The number of carbonyl (C=O) groups is 1. The lowest BCUT2D eigenvalue weighted by Gasteiger charge is -2.11. The quantitative estimate of drug-likeness (QED) is 0.870. The van der Waals surface area contributed by atoms with Gasteiger partial charge in [0.25, 0.3) is 5.91 Å². The molecule has 116 valence electrons. The lowest BCUT2D eigenvalue weighted by Crippen LogP contribution is -2.20. The summed E-state index contributed by atoms with van der Waals surface area (Å²) in [5.41, 5.74) is 2.25. The minimum Gasteiger partial charge on any atom is -0.482 e. The van der Waals surface area contributed by atoms with Crippen LogP contribution in [0.5, 0.6) is 5.75 Å². The maximum Gasteiger partial charge on any atom is 0.262 e. The van der Waals surface area contributed by atoms with Gasteiger partial charge in [-0.15, -0.1) is 0 Å². The Morgan fingerprint density at radius 1 is 1.23 bits per heavy atom. The van der Waals surface area contributed by atoms with Crippen LogP contribution >= 0.6 is 23.2 Å². The molecule has 4 nitrogen and oxygen atoms in total. The zero-order valence-electron chi connectivity index (χ0n) is 11.9. The molecule has 2 rings (SSSR count). The summed E-state index contributed by atoms with van der Waals surface area (Å²) >= 11 is 11.8. The van der Waals surface area contributed by atoms with E-state index in [4.69, 9.17) is 33.0 Å². The van der Waals surface area contributed by atoms with E-state index in [2.05, 4.69) is 5.32 Å². The molecule has 22 heavy (non-hydrogen) atoms. The molecule has 0 radical (unpaired) electrons. The van der Waals surface area contributed by atoms with Gasteiger partial charge in [-0.2, -0.15) is 0 Å². The van der Waals surface area contributed by atoms with Gasteiger partial charge in [0.1, 0.15) is 5.75 Å². The second-order valence-electron chi connectivity index (χ2n) is 4.72. The molecule has 1 amide bonds. The summed E-state index contributed by atoms with van der Waals surface area (Å²) in [5.74, 6) is 0.0272. The van der Waals surface area contributed by atoms with E-state index < -0.39 is 0 Å². The average molecular weight is 340 g/mol. The summed E-state index contributed by atoms with van der Waals surface area (Å²) < 4.78 is 5.37. The number of anilines is 1. The fourth-order valence-electron chi connectivity index (χ4n) is 1.82. The highest BCUT2D eigenvalue weighted by molar-refractivity contribution is 6.34. The van der Waals surface area contributed by atoms with E-state index >= 15 is 0 Å². The van der Waals surface area contributed by atoms with Crippen LogP contribution in [-0.4, -0.2) is 17.6 Å². The van der Waals surface area contributed by atoms with Crippen LogP contribution in [0.3, 0.4) is 0 Å². The van der Waals surface area contributed by atoms with Crippen LogP contribution in [0.1, 0.15) is 11.1 Å². The van der Waals surface area contributed by atoms with Crippen molar-refractivity contribution >= 4 is 34.8 Å². The molecule has 0 fully saturated rings. The number of rotatable bonds is 5. The van der Waals surface area contributed by atoms with Crippen molar-refractivity contribution in [3.63, 3.8) is 0 Å². The molecule has 6 heteroatoms. The maximum atomic E-state index is 12.0. The Hall–Kier alpha value is -1.75. The van der Waals surface area contributed by atoms with E-state index in [-0.39, 0.29) is 19.1 Å². The van der Waals surface area contributed by atoms with Gasteiger partial charge in [0, 0.05) is 16.8 Å². The molecule has 0 bridgehead atoms. The van der Waals surface area contributed by atoms with Gasteiger partial charge in [0.2, 0.25) is 0 Å². The van der Waals surface area contributed by atoms with Gasteiger partial charge in [0.05, 0.1) is 11.6 Å². The smallest absolute Gasteiger partial charge is 0.262 e. The second-order valence-corrected chi connectivity index (χ2v) is 5.56. The number of amides is 1. The Kier molecular flexibility index (Phi) is 5.66. The first-order valence-corrected chi connectivity index (χ1v) is 7.33. The number of aryl methyl sites for hydroxylation is 1. The molecule has 0 aromatic heterocycles. The zero-order chi connectivity index (χ0) is 16.1. The number of ether oxygens (including phenoxy) is 1. The first kappa shape index (κ1) is 16.6. The highest BCUT2D eigenvalue weighted by Crippen LogP contribution is 2.27. The number of hydrogen-bond donors (Lipinski definition) is 2. The van der Waals surface area contributed by atoms with Gasteiger partial charge in [-0.3, -0.25) is 4.79 Å². The standard InChI is InChI=1S/C16H15Cl2NO3/c1-10-2-3-11(8-20)6-14(10)19-16(21)9-22-15-7-12(17)4-5-13(15)18/h2-7,20H,8-9H2,1H3,(H,19,21). The minimum absolute atomic E-state index is 0.0855. The molecule has 0 aliphatic rings. The van der Waals surface area contributed by atoms with Crippen molar-refractivity contribution in [2.45, 2.75) is 13.5 Å². The molecular weight excluding hydrogens is 325 g/mol. The molecule has 0 atom stereocenters. The van der Waals surface area contributed by atoms with Crippen LogP contribution in [0.2, 0.25) is 10.0 Å². The molecule has 0 unspecified atom stereocenters. The summed E-state index contributed by atoms with van der Waals surface area (Å²) in [6.07, 6.45) is 0. The molecule has 0 saturated carbocycles. The molecule has 0 saturated heterocycles. The van der Waals surface area contributed by atoms with Crippen molar-refractivity contribution < 1.29 is 14.6 Å². The summed E-state index contributed by atoms with van der Waals surface area (Å²) in [5, 5.41) is 12.7. The first-order valence-electron chi connectivity index (χ1n) is 6.57. The van der Waals surface area contributed by atoms with Gasteiger partial charge in [-0.05, 0) is 36.2 Å². The van der Waals surface area contributed by atoms with E-state index in [0.717, 1.165) is 11.1 Å². The fraction of sp³-hybridized carbons (Fsp3) is 0.188. The molecule has 0 aliphatic heterocycles. The summed E-state index contributed by atoms with van der Waals surface area (Å²) in [7, 11) is 0. The summed E-state index contributed by atoms with van der Waals surface area (Å²) in [4.78, 5) is 12.0. The van der Waals surface area contributed by atoms with Crippen LogP contribution in [-0.2, 0) is 11.4 Å². The van der Waals surface area contributed by atoms with Crippen molar-refractivity contribution in [2.75, 3.05) is 11.9 Å². The normalized spacial score (nSPS) is 10.4. The summed E-state index contributed by atoms with van der Waals surface area (Å²) in [6, 6.07) is 10.1. The second kappa shape index (κ2) is 7.49. The fourth-order valence-corrected chi connectivity index (χ4v) is 2.15. The van der Waals surface area contributed by atoms with Gasteiger partial charge >= 0.3 is 0 Å². The Morgan fingerprint density at radius 3 is 2.73 bits per heavy atom. The molecule has 2 aromatic rings. The van der Waals surface area contributed by atoms with E-state index in [1.807, 2.05) is 13.0 Å². The van der Waals surface area contributed by atoms with E-state index in [1.165, 1.54) is 0 Å². The Labute approximate surface area is 138 Å². The number of carbonyl (C=O) groups excluding carboxylic acids is 1. The predicted molar refractivity (Wildman–Crippen MR) is 87.7 cm³/mol. The van der Waals surface area contributed by atoms with Crippen LogP contribution in [0.4, 0.5) is 5.69 Å². The van der Waals surface area contributed by atoms with Crippen LogP contribution in [0, 0.1) is 6.92 Å². The predicted octanol–water partition coefficient (Wildman–Crippen LogP) is 3.81. The SMILES string of the molecule is Cc1ccc(CO)cc1NC(=O)COc1cc(Cl)ccc1Cl. The van der Waals surface area contributed by atoms with Gasteiger partial charge < -0.3 is 15.2 Å². The minimum atomic E-state index is -0.325. The largest absolute Gasteiger partial charge is 0.482 e.